The van der Waals surface area contributed by atoms with Crippen molar-refractivity contribution in [1.82, 2.24) is 9.97 Å². The van der Waals surface area contributed by atoms with Gasteiger partial charge in [0.25, 0.3) is 0 Å². The molecule has 1 heterocycles. The van der Waals surface area contributed by atoms with E-state index in [9.17, 15) is 4.79 Å². The largest absolute Gasteiger partial charge is 0.461 e. The minimum absolute atomic E-state index is 0.190. The zero-order valence-corrected chi connectivity index (χ0v) is 9.15. The fourth-order valence-corrected chi connectivity index (χ4v) is 1.07. The van der Waals surface area contributed by atoms with Crippen LogP contribution >= 0.6 is 0 Å². The third-order valence-electron chi connectivity index (χ3n) is 1.59. The Labute approximate surface area is 88.9 Å². The Hall–Kier alpha value is -1.65. The summed E-state index contributed by atoms with van der Waals surface area (Å²) in [6.45, 7) is 6.01. The van der Waals surface area contributed by atoms with E-state index in [0.717, 1.165) is 0 Å². The zero-order valence-electron chi connectivity index (χ0n) is 9.15. The summed E-state index contributed by atoms with van der Waals surface area (Å²) < 4.78 is 4.87. The second-order valence-electron chi connectivity index (χ2n) is 3.27. The second kappa shape index (κ2) is 5.29. The molecule has 0 aliphatic rings. The van der Waals surface area contributed by atoms with Gasteiger partial charge in [-0.05, 0) is 20.8 Å². The molecule has 5 nitrogen and oxygen atoms in total. The highest BCUT2D eigenvalue weighted by Crippen LogP contribution is 2.10. The highest BCUT2D eigenvalue weighted by molar-refractivity contribution is 5.92. The van der Waals surface area contributed by atoms with Crippen molar-refractivity contribution in [2.24, 2.45) is 0 Å². The maximum Gasteiger partial charge on any atom is 0.360 e. The van der Waals surface area contributed by atoms with Gasteiger partial charge in [0, 0.05) is 18.4 Å². The van der Waals surface area contributed by atoms with E-state index in [2.05, 4.69) is 15.3 Å². The first-order valence-electron chi connectivity index (χ1n) is 4.89. The van der Waals surface area contributed by atoms with Gasteiger partial charge < -0.3 is 10.1 Å². The number of esters is 1. The van der Waals surface area contributed by atoms with E-state index in [0.29, 0.717) is 12.4 Å². The monoisotopic (exact) mass is 209 g/mol. The molecule has 0 amide bonds. The Morgan fingerprint density at radius 1 is 1.47 bits per heavy atom. The number of hydrogen-bond donors (Lipinski definition) is 1. The van der Waals surface area contributed by atoms with Gasteiger partial charge >= 0.3 is 5.97 Å². The normalized spacial score (nSPS) is 10.1. The number of ether oxygens (including phenoxy) is 1. The molecule has 1 aromatic rings. The molecule has 0 aliphatic carbocycles. The number of carbonyl (C=O) groups excluding carboxylic acids is 1. The van der Waals surface area contributed by atoms with Crippen molar-refractivity contribution >= 4 is 11.8 Å². The van der Waals surface area contributed by atoms with E-state index in [-0.39, 0.29) is 11.7 Å². The molecular formula is C10H15N3O2. The predicted octanol–water partition coefficient (Wildman–Crippen LogP) is 1.47. The molecule has 0 unspecified atom stereocenters. The van der Waals surface area contributed by atoms with Crippen LogP contribution in [0, 0.1) is 0 Å². The van der Waals surface area contributed by atoms with Crippen LogP contribution in [0.5, 0.6) is 0 Å². The van der Waals surface area contributed by atoms with Crippen molar-refractivity contribution in [1.29, 1.82) is 0 Å². The lowest BCUT2D eigenvalue weighted by atomic mass is 10.3. The van der Waals surface area contributed by atoms with Crippen LogP contribution < -0.4 is 5.32 Å². The van der Waals surface area contributed by atoms with Crippen molar-refractivity contribution in [2.45, 2.75) is 26.8 Å². The molecular weight excluding hydrogens is 194 g/mol. The van der Waals surface area contributed by atoms with Crippen molar-refractivity contribution in [3.8, 4) is 0 Å². The van der Waals surface area contributed by atoms with Gasteiger partial charge in [0.1, 0.15) is 0 Å². The van der Waals surface area contributed by atoms with Crippen molar-refractivity contribution in [3.63, 3.8) is 0 Å². The molecule has 15 heavy (non-hydrogen) atoms. The summed E-state index contributed by atoms with van der Waals surface area (Å²) in [5.41, 5.74) is 0.230. The maximum atomic E-state index is 11.5. The van der Waals surface area contributed by atoms with E-state index in [1.807, 2.05) is 13.8 Å². The van der Waals surface area contributed by atoms with Gasteiger partial charge in [-0.15, -0.1) is 0 Å². The van der Waals surface area contributed by atoms with Gasteiger partial charge in [0.15, 0.2) is 11.5 Å². The van der Waals surface area contributed by atoms with Crippen molar-refractivity contribution < 1.29 is 9.53 Å². The lowest BCUT2D eigenvalue weighted by Crippen LogP contribution is -2.17. The molecule has 1 N–H and O–H groups in total. The molecule has 0 atom stereocenters. The molecule has 0 aliphatic heterocycles. The molecule has 1 rings (SSSR count). The first-order valence-corrected chi connectivity index (χ1v) is 4.89. The van der Waals surface area contributed by atoms with Crippen LogP contribution in [0.3, 0.4) is 0 Å². The van der Waals surface area contributed by atoms with Crippen LogP contribution in [-0.4, -0.2) is 28.6 Å². The summed E-state index contributed by atoms with van der Waals surface area (Å²) in [5.74, 6) is 0.0136. The van der Waals surface area contributed by atoms with E-state index in [4.69, 9.17) is 4.74 Å². The third-order valence-corrected chi connectivity index (χ3v) is 1.59. The number of aromatic nitrogens is 2. The van der Waals surface area contributed by atoms with Crippen LogP contribution in [0.4, 0.5) is 5.82 Å². The molecule has 5 heteroatoms. The topological polar surface area (TPSA) is 64.1 Å². The second-order valence-corrected chi connectivity index (χ2v) is 3.27. The average Bonchev–Trinajstić information content (AvgIpc) is 2.18. The first kappa shape index (κ1) is 11.4. The number of carbonyl (C=O) groups is 1. The molecule has 0 saturated heterocycles. The highest BCUT2D eigenvalue weighted by Gasteiger charge is 2.15. The number of rotatable bonds is 4. The van der Waals surface area contributed by atoms with Crippen LogP contribution in [0.25, 0.3) is 0 Å². The first-order chi connectivity index (χ1) is 7.15. The van der Waals surface area contributed by atoms with Gasteiger partial charge in [0.2, 0.25) is 0 Å². The number of anilines is 1. The molecule has 0 fully saturated rings. The van der Waals surface area contributed by atoms with Crippen LogP contribution in [0.15, 0.2) is 12.4 Å². The minimum atomic E-state index is -0.450. The number of nitrogens with one attached hydrogen (secondary N) is 1. The third kappa shape index (κ3) is 3.19. The quantitative estimate of drug-likeness (QED) is 0.761. The lowest BCUT2D eigenvalue weighted by molar-refractivity contribution is 0.0520. The van der Waals surface area contributed by atoms with E-state index in [1.54, 1.807) is 6.92 Å². The Morgan fingerprint density at radius 2 is 2.13 bits per heavy atom. The molecule has 0 saturated carbocycles. The maximum absolute atomic E-state index is 11.5. The minimum Gasteiger partial charge on any atom is -0.461 e. The predicted molar refractivity (Wildman–Crippen MR) is 56.7 cm³/mol. The zero-order chi connectivity index (χ0) is 11.3. The average molecular weight is 209 g/mol. The van der Waals surface area contributed by atoms with Crippen LogP contribution in [-0.2, 0) is 4.74 Å². The lowest BCUT2D eigenvalue weighted by Gasteiger charge is -2.11. The Bertz CT molecular complexity index is 339. The highest BCUT2D eigenvalue weighted by atomic mass is 16.5. The van der Waals surface area contributed by atoms with E-state index < -0.39 is 5.97 Å². The van der Waals surface area contributed by atoms with Crippen LogP contribution in [0.1, 0.15) is 31.3 Å². The van der Waals surface area contributed by atoms with Gasteiger partial charge in [0.05, 0.1) is 6.61 Å². The summed E-state index contributed by atoms with van der Waals surface area (Å²) in [6, 6.07) is 0.190. The fourth-order valence-electron chi connectivity index (χ4n) is 1.07. The Kier molecular flexibility index (Phi) is 4.03. The van der Waals surface area contributed by atoms with Crippen molar-refractivity contribution in [2.75, 3.05) is 11.9 Å². The number of nitrogens with zero attached hydrogens (tertiary/aromatic N) is 2. The Balaban J connectivity index is 2.90. The van der Waals surface area contributed by atoms with Crippen LogP contribution in [0.2, 0.25) is 0 Å². The molecule has 0 aromatic carbocycles. The SMILES string of the molecule is CCOC(=O)c1nccnc1NC(C)C. The fraction of sp³-hybridized carbons (Fsp3) is 0.500. The van der Waals surface area contributed by atoms with Crippen molar-refractivity contribution in [3.05, 3.63) is 18.1 Å². The molecule has 0 bridgehead atoms. The Morgan fingerprint density at radius 3 is 2.73 bits per heavy atom. The van der Waals surface area contributed by atoms with Gasteiger partial charge in [-0.2, -0.15) is 0 Å². The van der Waals surface area contributed by atoms with E-state index >= 15 is 0 Å². The summed E-state index contributed by atoms with van der Waals surface area (Å²) in [6.07, 6.45) is 3.01. The summed E-state index contributed by atoms with van der Waals surface area (Å²) in [5, 5.41) is 3.04. The van der Waals surface area contributed by atoms with E-state index in [1.165, 1.54) is 12.4 Å². The standard InChI is InChI=1S/C10H15N3O2/c1-4-15-10(14)8-9(13-7(2)3)12-6-5-11-8/h5-7H,4H2,1-3H3,(H,12,13). The molecule has 82 valence electrons. The van der Waals surface area contributed by atoms with Gasteiger partial charge in [-0.1, -0.05) is 0 Å². The summed E-state index contributed by atoms with van der Waals surface area (Å²) >= 11 is 0. The smallest absolute Gasteiger partial charge is 0.360 e. The summed E-state index contributed by atoms with van der Waals surface area (Å²) in [4.78, 5) is 19.5. The molecule has 1 aromatic heterocycles. The van der Waals surface area contributed by atoms with Gasteiger partial charge in [-0.3, -0.25) is 0 Å². The number of hydrogen-bond acceptors (Lipinski definition) is 5. The molecule has 0 radical (unpaired) electrons. The van der Waals surface area contributed by atoms with Gasteiger partial charge in [-0.25, -0.2) is 14.8 Å². The summed E-state index contributed by atoms with van der Waals surface area (Å²) in [7, 11) is 0. The molecule has 0 spiro atoms.